The maximum atomic E-state index is 12.0. The Morgan fingerprint density at radius 1 is 1.40 bits per heavy atom. The predicted octanol–water partition coefficient (Wildman–Crippen LogP) is 2.66. The molecule has 0 aromatic rings. The zero-order chi connectivity index (χ0) is 12.1. The summed E-state index contributed by atoms with van der Waals surface area (Å²) < 4.78 is 35.9. The first kappa shape index (κ1) is 14.0. The third kappa shape index (κ3) is 5.44. The summed E-state index contributed by atoms with van der Waals surface area (Å²) in [5.74, 6) is -1.96. The molecule has 0 saturated carbocycles. The summed E-state index contributed by atoms with van der Waals surface area (Å²) in [5, 5.41) is 1.94. The van der Waals surface area contributed by atoms with Gasteiger partial charge in [-0.3, -0.25) is 4.79 Å². The highest BCUT2D eigenvalue weighted by Crippen LogP contribution is 2.16. The van der Waals surface area contributed by atoms with Crippen molar-refractivity contribution in [2.75, 3.05) is 0 Å². The van der Waals surface area contributed by atoms with Crippen molar-refractivity contribution in [3.05, 3.63) is 12.2 Å². The van der Waals surface area contributed by atoms with Gasteiger partial charge in [0.25, 0.3) is 0 Å². The van der Waals surface area contributed by atoms with E-state index < -0.39 is 18.1 Å². The van der Waals surface area contributed by atoms with Crippen LogP contribution in [0.15, 0.2) is 12.2 Å². The zero-order valence-corrected chi connectivity index (χ0v) is 9.06. The van der Waals surface area contributed by atoms with Crippen LogP contribution in [0.2, 0.25) is 0 Å². The van der Waals surface area contributed by atoms with E-state index in [1.807, 2.05) is 12.2 Å². The molecular formula is C10H16F3NO. The molecule has 0 aromatic carbocycles. The first-order valence-electron chi connectivity index (χ1n) is 4.83. The van der Waals surface area contributed by atoms with Crippen molar-refractivity contribution in [2.45, 2.75) is 39.4 Å². The molecule has 2 nitrogen and oxygen atoms in total. The van der Waals surface area contributed by atoms with Crippen LogP contribution in [0.3, 0.4) is 0 Å². The van der Waals surface area contributed by atoms with Gasteiger partial charge in [-0.1, -0.05) is 32.9 Å². The molecule has 0 fully saturated rings. The first-order valence-corrected chi connectivity index (χ1v) is 4.83. The summed E-state index contributed by atoms with van der Waals surface area (Å²) in [6.07, 6.45) is -0.756. The lowest BCUT2D eigenvalue weighted by Gasteiger charge is -2.19. The monoisotopic (exact) mass is 223 g/mol. The molecule has 0 aliphatic carbocycles. The van der Waals surface area contributed by atoms with Crippen LogP contribution in [0.5, 0.6) is 0 Å². The van der Waals surface area contributed by atoms with Crippen molar-refractivity contribution in [3.63, 3.8) is 0 Å². The van der Waals surface area contributed by atoms with Crippen LogP contribution in [0.4, 0.5) is 13.2 Å². The Kier molecular flexibility index (Phi) is 5.39. The first-order chi connectivity index (χ1) is 6.79. The van der Waals surface area contributed by atoms with E-state index in [4.69, 9.17) is 0 Å². The maximum Gasteiger partial charge on any atom is 0.471 e. The molecule has 88 valence electrons. The van der Waals surface area contributed by atoms with Crippen molar-refractivity contribution >= 4 is 5.91 Å². The number of amides is 1. The Hall–Kier alpha value is -1.00. The van der Waals surface area contributed by atoms with Gasteiger partial charge in [0.1, 0.15) is 0 Å². The maximum absolute atomic E-state index is 12.0. The number of hydrogen-bond acceptors (Lipinski definition) is 1. The molecule has 0 saturated heterocycles. The fraction of sp³-hybridized carbons (Fsp3) is 0.700. The normalized spacial score (nSPS) is 14.6. The highest BCUT2D eigenvalue weighted by atomic mass is 19.4. The van der Waals surface area contributed by atoms with Gasteiger partial charge in [-0.25, -0.2) is 0 Å². The van der Waals surface area contributed by atoms with E-state index in [0.717, 1.165) is 6.42 Å². The van der Waals surface area contributed by atoms with Crippen LogP contribution in [-0.4, -0.2) is 18.1 Å². The molecule has 0 heterocycles. The third-order valence-corrected chi connectivity index (χ3v) is 1.85. The van der Waals surface area contributed by atoms with Crippen LogP contribution >= 0.6 is 0 Å². The van der Waals surface area contributed by atoms with Gasteiger partial charge in [-0.2, -0.15) is 13.2 Å². The number of nitrogens with one attached hydrogen (secondary N) is 1. The van der Waals surface area contributed by atoms with Gasteiger partial charge in [0, 0.05) is 6.04 Å². The molecule has 0 spiro atoms. The second-order valence-electron chi connectivity index (χ2n) is 3.58. The van der Waals surface area contributed by atoms with Gasteiger partial charge in [-0.15, -0.1) is 0 Å². The number of carbonyl (C=O) groups excluding carboxylic acids is 1. The molecule has 5 heteroatoms. The van der Waals surface area contributed by atoms with Crippen LogP contribution in [0.1, 0.15) is 27.2 Å². The number of hydrogen-bond donors (Lipinski definition) is 1. The van der Waals surface area contributed by atoms with Gasteiger partial charge < -0.3 is 5.32 Å². The van der Waals surface area contributed by atoms with E-state index in [2.05, 4.69) is 0 Å². The number of rotatable bonds is 4. The lowest BCUT2D eigenvalue weighted by atomic mass is 10.0. The largest absolute Gasteiger partial charge is 0.471 e. The number of allylic oxidation sites excluding steroid dienone is 1. The smallest absolute Gasteiger partial charge is 0.342 e. The van der Waals surface area contributed by atoms with Gasteiger partial charge in [0.2, 0.25) is 0 Å². The Balaban J connectivity index is 4.43. The van der Waals surface area contributed by atoms with Crippen molar-refractivity contribution < 1.29 is 18.0 Å². The van der Waals surface area contributed by atoms with Gasteiger partial charge in [0.15, 0.2) is 0 Å². The molecular weight excluding hydrogens is 207 g/mol. The van der Waals surface area contributed by atoms with Gasteiger partial charge in [0.05, 0.1) is 0 Å². The molecule has 1 N–H and O–H groups in total. The van der Waals surface area contributed by atoms with Crippen LogP contribution in [-0.2, 0) is 4.79 Å². The van der Waals surface area contributed by atoms with Crippen molar-refractivity contribution in [2.24, 2.45) is 5.92 Å². The van der Waals surface area contributed by atoms with E-state index in [1.54, 1.807) is 26.0 Å². The standard InChI is InChI=1S/C10H16F3NO/c1-4-5-6-8(7(2)3)14-9(15)10(11,12)13/h5-8H,4H2,1-3H3,(H,14,15)/b6-5+/t8-/m1/s1. The summed E-state index contributed by atoms with van der Waals surface area (Å²) in [6.45, 7) is 5.38. The van der Waals surface area contributed by atoms with E-state index >= 15 is 0 Å². The van der Waals surface area contributed by atoms with E-state index in [-0.39, 0.29) is 5.92 Å². The molecule has 0 rings (SSSR count). The van der Waals surface area contributed by atoms with E-state index in [1.165, 1.54) is 0 Å². The van der Waals surface area contributed by atoms with Crippen molar-refractivity contribution in [1.82, 2.24) is 5.32 Å². The van der Waals surface area contributed by atoms with E-state index in [9.17, 15) is 18.0 Å². The Morgan fingerprint density at radius 2 is 1.93 bits per heavy atom. The lowest BCUT2D eigenvalue weighted by molar-refractivity contribution is -0.174. The highest BCUT2D eigenvalue weighted by Gasteiger charge is 2.39. The number of alkyl halides is 3. The number of carbonyl (C=O) groups is 1. The molecule has 15 heavy (non-hydrogen) atoms. The Morgan fingerprint density at radius 3 is 2.27 bits per heavy atom. The fourth-order valence-corrected chi connectivity index (χ4v) is 0.953. The minimum Gasteiger partial charge on any atom is -0.342 e. The molecule has 0 aliphatic heterocycles. The lowest BCUT2D eigenvalue weighted by Crippen LogP contribution is -2.44. The SMILES string of the molecule is CC/C=C/[C@@H](NC(=O)C(F)(F)F)C(C)C. The topological polar surface area (TPSA) is 29.1 Å². The van der Waals surface area contributed by atoms with Crippen LogP contribution < -0.4 is 5.32 Å². The number of halogens is 3. The van der Waals surface area contributed by atoms with Crippen LogP contribution in [0.25, 0.3) is 0 Å². The predicted molar refractivity (Wildman–Crippen MR) is 52.3 cm³/mol. The summed E-state index contributed by atoms with van der Waals surface area (Å²) in [5.41, 5.74) is 0. The quantitative estimate of drug-likeness (QED) is 0.729. The summed E-state index contributed by atoms with van der Waals surface area (Å²) in [6, 6.07) is -0.570. The molecule has 0 aliphatic rings. The van der Waals surface area contributed by atoms with Crippen molar-refractivity contribution in [1.29, 1.82) is 0 Å². The third-order valence-electron chi connectivity index (χ3n) is 1.85. The van der Waals surface area contributed by atoms with Crippen molar-refractivity contribution in [3.8, 4) is 0 Å². The fourth-order valence-electron chi connectivity index (χ4n) is 0.953. The molecule has 1 amide bonds. The average Bonchev–Trinajstić information content (AvgIpc) is 2.09. The Bertz CT molecular complexity index is 233. The molecule has 0 bridgehead atoms. The van der Waals surface area contributed by atoms with E-state index in [0.29, 0.717) is 0 Å². The van der Waals surface area contributed by atoms with Gasteiger partial charge >= 0.3 is 12.1 Å². The molecule has 1 atom stereocenters. The minimum absolute atomic E-state index is 0.0703. The average molecular weight is 223 g/mol. The molecule has 0 radical (unpaired) electrons. The molecule has 0 unspecified atom stereocenters. The summed E-state index contributed by atoms with van der Waals surface area (Å²) in [7, 11) is 0. The van der Waals surface area contributed by atoms with Gasteiger partial charge in [-0.05, 0) is 12.3 Å². The molecule has 0 aromatic heterocycles. The second kappa shape index (κ2) is 5.78. The minimum atomic E-state index is -4.81. The summed E-state index contributed by atoms with van der Waals surface area (Å²) >= 11 is 0. The highest BCUT2D eigenvalue weighted by molar-refractivity contribution is 5.82. The van der Waals surface area contributed by atoms with Crippen LogP contribution in [0, 0.1) is 5.92 Å². The Labute approximate surface area is 87.5 Å². The summed E-state index contributed by atoms with van der Waals surface area (Å²) in [4.78, 5) is 10.7. The zero-order valence-electron chi connectivity index (χ0n) is 9.06. The second-order valence-corrected chi connectivity index (χ2v) is 3.58.